The lowest BCUT2D eigenvalue weighted by Gasteiger charge is -2.32. The van der Waals surface area contributed by atoms with Gasteiger partial charge in [-0.1, -0.05) is 42.5 Å². The van der Waals surface area contributed by atoms with E-state index in [0.29, 0.717) is 11.4 Å². The molecule has 1 aliphatic rings. The van der Waals surface area contributed by atoms with E-state index in [2.05, 4.69) is 39.5 Å². The predicted octanol–water partition coefficient (Wildman–Crippen LogP) is 3.64. The summed E-state index contributed by atoms with van der Waals surface area (Å²) in [5.74, 6) is 0.546. The molecule has 0 radical (unpaired) electrons. The topological polar surface area (TPSA) is 54.5 Å². The summed E-state index contributed by atoms with van der Waals surface area (Å²) in [6, 6.07) is 18.3. The number of likely N-dealkylation sites (tertiary alicyclic amines) is 1. The van der Waals surface area contributed by atoms with E-state index in [-0.39, 0.29) is 11.9 Å². The zero-order valence-corrected chi connectivity index (χ0v) is 16.1. The molecule has 1 aliphatic heterocycles. The van der Waals surface area contributed by atoms with Crippen molar-refractivity contribution in [3.05, 3.63) is 72.1 Å². The van der Waals surface area contributed by atoms with Gasteiger partial charge < -0.3 is 10.1 Å². The lowest BCUT2D eigenvalue weighted by Crippen LogP contribution is -2.44. The fraction of sp³-hybridized carbons (Fsp3) is 0.304. The molecule has 1 amide bonds. The maximum Gasteiger partial charge on any atom is 0.270 e. The van der Waals surface area contributed by atoms with Crippen LogP contribution in [-0.4, -0.2) is 42.0 Å². The van der Waals surface area contributed by atoms with Crippen molar-refractivity contribution in [3.63, 3.8) is 0 Å². The Hall–Kier alpha value is -2.92. The van der Waals surface area contributed by atoms with Crippen LogP contribution in [0.15, 0.2) is 60.8 Å². The van der Waals surface area contributed by atoms with Gasteiger partial charge in [0.1, 0.15) is 11.4 Å². The molecule has 1 aromatic heterocycles. The average Bonchev–Trinajstić information content (AvgIpc) is 2.75. The van der Waals surface area contributed by atoms with Gasteiger partial charge in [-0.3, -0.25) is 14.7 Å². The number of hydrogen-bond donors (Lipinski definition) is 1. The monoisotopic (exact) mass is 375 g/mol. The number of ether oxygens (including phenoxy) is 1. The molecule has 1 fully saturated rings. The quantitative estimate of drug-likeness (QED) is 0.740. The van der Waals surface area contributed by atoms with Gasteiger partial charge in [0, 0.05) is 31.9 Å². The van der Waals surface area contributed by atoms with Gasteiger partial charge in [0.05, 0.1) is 12.5 Å². The molecule has 28 heavy (non-hydrogen) atoms. The van der Waals surface area contributed by atoms with Crippen LogP contribution in [0, 0.1) is 0 Å². The number of carbonyl (C=O) groups is 1. The summed E-state index contributed by atoms with van der Waals surface area (Å²) in [6.45, 7) is 2.92. The first kappa shape index (κ1) is 18.4. The summed E-state index contributed by atoms with van der Waals surface area (Å²) in [5, 5.41) is 4.91. The van der Waals surface area contributed by atoms with Gasteiger partial charge >= 0.3 is 0 Å². The molecule has 0 atom stereocenters. The Morgan fingerprint density at radius 2 is 1.89 bits per heavy atom. The van der Waals surface area contributed by atoms with Gasteiger partial charge in [-0.25, -0.2) is 0 Å². The number of piperidine rings is 1. The second-order valence-corrected chi connectivity index (χ2v) is 7.23. The van der Waals surface area contributed by atoms with Gasteiger partial charge in [-0.15, -0.1) is 0 Å². The number of amides is 1. The minimum atomic E-state index is -0.128. The predicted molar refractivity (Wildman–Crippen MR) is 111 cm³/mol. The van der Waals surface area contributed by atoms with E-state index in [1.54, 1.807) is 13.3 Å². The van der Waals surface area contributed by atoms with Crippen molar-refractivity contribution in [1.82, 2.24) is 15.2 Å². The number of methoxy groups -OCH3 is 1. The van der Waals surface area contributed by atoms with Gasteiger partial charge in [0.25, 0.3) is 5.91 Å². The van der Waals surface area contributed by atoms with Crippen LogP contribution >= 0.6 is 0 Å². The van der Waals surface area contributed by atoms with E-state index in [9.17, 15) is 4.79 Å². The van der Waals surface area contributed by atoms with Crippen molar-refractivity contribution in [2.24, 2.45) is 0 Å². The summed E-state index contributed by atoms with van der Waals surface area (Å²) in [7, 11) is 1.62. The number of nitrogens with one attached hydrogen (secondary N) is 1. The molecule has 0 spiro atoms. The van der Waals surface area contributed by atoms with Crippen LogP contribution in [0.4, 0.5) is 0 Å². The molecule has 0 aliphatic carbocycles. The molecule has 3 aromatic rings. The zero-order valence-electron chi connectivity index (χ0n) is 16.1. The van der Waals surface area contributed by atoms with E-state index >= 15 is 0 Å². The van der Waals surface area contributed by atoms with E-state index in [1.807, 2.05) is 30.3 Å². The lowest BCUT2D eigenvalue weighted by atomic mass is 10.0. The first-order valence-corrected chi connectivity index (χ1v) is 9.73. The largest absolute Gasteiger partial charge is 0.496 e. The van der Waals surface area contributed by atoms with Crippen LogP contribution in [0.1, 0.15) is 28.9 Å². The fourth-order valence-corrected chi connectivity index (χ4v) is 3.87. The third-order valence-corrected chi connectivity index (χ3v) is 5.36. The highest BCUT2D eigenvalue weighted by molar-refractivity contribution is 6.07. The molecule has 0 saturated carbocycles. The minimum Gasteiger partial charge on any atom is -0.496 e. The number of pyridine rings is 1. The molecule has 2 heterocycles. The highest BCUT2D eigenvalue weighted by atomic mass is 16.5. The summed E-state index contributed by atoms with van der Waals surface area (Å²) >= 11 is 0. The van der Waals surface area contributed by atoms with E-state index in [0.717, 1.165) is 43.2 Å². The number of benzene rings is 2. The molecule has 4 rings (SSSR count). The third-order valence-electron chi connectivity index (χ3n) is 5.36. The molecule has 5 nitrogen and oxygen atoms in total. The smallest absolute Gasteiger partial charge is 0.270 e. The Labute approximate surface area is 165 Å². The van der Waals surface area contributed by atoms with E-state index < -0.39 is 0 Å². The first-order valence-electron chi connectivity index (χ1n) is 9.73. The number of aromatic nitrogens is 1. The summed E-state index contributed by atoms with van der Waals surface area (Å²) in [4.78, 5) is 19.7. The maximum atomic E-state index is 12.9. The van der Waals surface area contributed by atoms with Gasteiger partial charge in [-0.2, -0.15) is 0 Å². The first-order chi connectivity index (χ1) is 13.7. The number of nitrogens with zero attached hydrogens (tertiary/aromatic N) is 2. The Bertz CT molecular complexity index is 945. The van der Waals surface area contributed by atoms with Crippen molar-refractivity contribution in [3.8, 4) is 5.75 Å². The molecule has 0 unspecified atom stereocenters. The molecular weight excluding hydrogens is 350 g/mol. The average molecular weight is 375 g/mol. The van der Waals surface area contributed by atoms with Crippen LogP contribution < -0.4 is 10.1 Å². The third kappa shape index (κ3) is 3.99. The fourth-order valence-electron chi connectivity index (χ4n) is 3.87. The summed E-state index contributed by atoms with van der Waals surface area (Å²) in [5.41, 5.74) is 1.76. The number of hydrogen-bond acceptors (Lipinski definition) is 4. The summed E-state index contributed by atoms with van der Waals surface area (Å²) in [6.07, 6.45) is 3.57. The Morgan fingerprint density at radius 3 is 2.64 bits per heavy atom. The molecule has 0 bridgehead atoms. The van der Waals surface area contributed by atoms with Crippen molar-refractivity contribution in [1.29, 1.82) is 0 Å². The minimum absolute atomic E-state index is 0.128. The Balaban J connectivity index is 1.41. The van der Waals surface area contributed by atoms with Crippen LogP contribution in [-0.2, 0) is 6.54 Å². The van der Waals surface area contributed by atoms with Crippen molar-refractivity contribution >= 4 is 16.7 Å². The second-order valence-electron chi connectivity index (χ2n) is 7.23. The number of rotatable bonds is 5. The van der Waals surface area contributed by atoms with Gasteiger partial charge in [0.2, 0.25) is 0 Å². The summed E-state index contributed by atoms with van der Waals surface area (Å²) < 4.78 is 5.45. The van der Waals surface area contributed by atoms with Crippen molar-refractivity contribution < 1.29 is 9.53 Å². The second kappa shape index (κ2) is 8.40. The van der Waals surface area contributed by atoms with E-state index in [4.69, 9.17) is 4.74 Å². The zero-order chi connectivity index (χ0) is 19.3. The standard InChI is InChI=1S/C23H25N3O2/c1-28-20-9-5-8-18-10-13-24-22(21(18)20)23(27)25-19-11-14-26(15-12-19)16-17-6-3-2-4-7-17/h2-10,13,19H,11-12,14-16H2,1H3,(H,25,27). The van der Waals surface area contributed by atoms with Crippen LogP contribution in [0.2, 0.25) is 0 Å². The van der Waals surface area contributed by atoms with Gasteiger partial charge in [0.15, 0.2) is 0 Å². The number of fused-ring (bicyclic) bond motifs is 1. The molecule has 5 heteroatoms. The SMILES string of the molecule is COc1cccc2ccnc(C(=O)NC3CCN(Cc4ccccc4)CC3)c12. The Kier molecular flexibility index (Phi) is 5.53. The normalized spacial score (nSPS) is 15.5. The molecule has 1 N–H and O–H groups in total. The van der Waals surface area contributed by atoms with Crippen LogP contribution in [0.3, 0.4) is 0 Å². The highest BCUT2D eigenvalue weighted by Gasteiger charge is 2.23. The molecule has 2 aromatic carbocycles. The van der Waals surface area contributed by atoms with Crippen molar-refractivity contribution in [2.45, 2.75) is 25.4 Å². The molecule has 144 valence electrons. The maximum absolute atomic E-state index is 12.9. The highest BCUT2D eigenvalue weighted by Crippen LogP contribution is 2.27. The van der Waals surface area contributed by atoms with E-state index in [1.165, 1.54) is 5.56 Å². The number of carbonyl (C=O) groups excluding carboxylic acids is 1. The van der Waals surface area contributed by atoms with Crippen LogP contribution in [0.5, 0.6) is 5.75 Å². The van der Waals surface area contributed by atoms with Gasteiger partial charge in [-0.05, 0) is 35.9 Å². The lowest BCUT2D eigenvalue weighted by molar-refractivity contribution is 0.0905. The molecule has 1 saturated heterocycles. The van der Waals surface area contributed by atoms with Crippen LogP contribution in [0.25, 0.3) is 10.8 Å². The molecular formula is C23H25N3O2. The van der Waals surface area contributed by atoms with Crippen molar-refractivity contribution in [2.75, 3.05) is 20.2 Å². The Morgan fingerprint density at radius 1 is 1.11 bits per heavy atom.